The van der Waals surface area contributed by atoms with Gasteiger partial charge in [0.25, 0.3) is 0 Å². The van der Waals surface area contributed by atoms with Gasteiger partial charge in [-0.25, -0.2) is 0 Å². The molecule has 0 saturated heterocycles. The van der Waals surface area contributed by atoms with Gasteiger partial charge in [-0.05, 0) is 50.1 Å². The van der Waals surface area contributed by atoms with Crippen molar-refractivity contribution in [2.45, 2.75) is 37.7 Å². The average molecular weight is 429 g/mol. The van der Waals surface area contributed by atoms with E-state index in [4.69, 9.17) is 0 Å². The summed E-state index contributed by atoms with van der Waals surface area (Å²) >= 11 is 1.45. The van der Waals surface area contributed by atoms with Crippen LogP contribution in [-0.2, 0) is 6.54 Å². The number of hydrogen-bond acceptors (Lipinski definition) is 5. The molecule has 2 aromatic heterocycles. The van der Waals surface area contributed by atoms with E-state index >= 15 is 0 Å². The van der Waals surface area contributed by atoms with E-state index in [0.717, 1.165) is 38.8 Å². The molecule has 5 nitrogen and oxygen atoms in total. The van der Waals surface area contributed by atoms with Crippen LogP contribution < -0.4 is 0 Å². The Kier molecular flexibility index (Phi) is 6.28. The summed E-state index contributed by atoms with van der Waals surface area (Å²) in [5.74, 6) is 0.867. The molecule has 0 saturated carbocycles. The number of hydrogen-bond donors (Lipinski definition) is 0. The minimum atomic E-state index is -0.287. The largest absolute Gasteiger partial charge is 0.298 e. The van der Waals surface area contributed by atoms with Crippen molar-refractivity contribution in [3.8, 4) is 11.4 Å². The lowest BCUT2D eigenvalue weighted by Crippen LogP contribution is -2.16. The minimum Gasteiger partial charge on any atom is -0.298 e. The van der Waals surface area contributed by atoms with Crippen molar-refractivity contribution in [1.82, 2.24) is 19.7 Å². The Hall–Kier alpha value is -3.25. The Bertz CT molecular complexity index is 1190. The van der Waals surface area contributed by atoms with Crippen LogP contribution in [0.2, 0.25) is 0 Å². The van der Waals surface area contributed by atoms with Crippen LogP contribution in [0.3, 0.4) is 0 Å². The third kappa shape index (κ3) is 4.75. The molecule has 156 valence electrons. The molecule has 0 aliphatic heterocycles. The van der Waals surface area contributed by atoms with Gasteiger partial charge in [-0.15, -0.1) is 10.2 Å². The molecule has 2 heterocycles. The maximum absolute atomic E-state index is 13.2. The number of pyridine rings is 1. The highest BCUT2D eigenvalue weighted by molar-refractivity contribution is 8.00. The molecule has 0 fully saturated rings. The highest BCUT2D eigenvalue weighted by atomic mass is 32.2. The lowest BCUT2D eigenvalue weighted by atomic mass is 10.0. The molecule has 1 atom stereocenters. The molecule has 0 spiro atoms. The molecule has 0 amide bonds. The summed E-state index contributed by atoms with van der Waals surface area (Å²) in [6.45, 7) is 6.54. The molecule has 0 bridgehead atoms. The average Bonchev–Trinajstić information content (AvgIpc) is 3.18. The number of carbonyl (C=O) groups excluding carboxylic acids is 1. The summed E-state index contributed by atoms with van der Waals surface area (Å²) in [6, 6.07) is 20.0. The van der Waals surface area contributed by atoms with E-state index in [2.05, 4.69) is 31.9 Å². The summed E-state index contributed by atoms with van der Waals surface area (Å²) in [4.78, 5) is 17.3. The van der Waals surface area contributed by atoms with Crippen molar-refractivity contribution in [3.05, 3.63) is 95.3 Å². The molecule has 2 aromatic carbocycles. The number of carbonyl (C=O) groups is 1. The van der Waals surface area contributed by atoms with Gasteiger partial charge in [0.1, 0.15) is 0 Å². The van der Waals surface area contributed by atoms with E-state index in [1.54, 1.807) is 12.4 Å². The van der Waals surface area contributed by atoms with Crippen molar-refractivity contribution >= 4 is 17.5 Å². The zero-order valence-electron chi connectivity index (χ0n) is 17.8. The molecule has 0 unspecified atom stereocenters. The van der Waals surface area contributed by atoms with Crippen LogP contribution in [0, 0.1) is 13.8 Å². The summed E-state index contributed by atoms with van der Waals surface area (Å²) < 4.78 is 2.07. The number of nitrogens with zero attached hydrogens (tertiary/aromatic N) is 4. The molecule has 0 aliphatic carbocycles. The van der Waals surface area contributed by atoms with E-state index in [1.165, 1.54) is 11.8 Å². The number of aromatic nitrogens is 4. The molecule has 4 rings (SSSR count). The zero-order chi connectivity index (χ0) is 21.8. The van der Waals surface area contributed by atoms with Gasteiger partial charge in [0.2, 0.25) is 0 Å². The predicted molar refractivity (Wildman–Crippen MR) is 124 cm³/mol. The van der Waals surface area contributed by atoms with Crippen LogP contribution in [-0.4, -0.2) is 30.8 Å². The zero-order valence-corrected chi connectivity index (χ0v) is 18.6. The van der Waals surface area contributed by atoms with Crippen LogP contribution in [0.5, 0.6) is 0 Å². The van der Waals surface area contributed by atoms with Gasteiger partial charge in [0, 0.05) is 23.5 Å². The van der Waals surface area contributed by atoms with Crippen molar-refractivity contribution in [2.24, 2.45) is 0 Å². The van der Waals surface area contributed by atoms with E-state index in [0.29, 0.717) is 6.54 Å². The van der Waals surface area contributed by atoms with Gasteiger partial charge in [0.15, 0.2) is 16.8 Å². The third-order valence-corrected chi connectivity index (χ3v) is 6.23. The first kappa shape index (κ1) is 21.0. The second-order valence-electron chi connectivity index (χ2n) is 7.56. The van der Waals surface area contributed by atoms with Gasteiger partial charge in [-0.2, -0.15) is 0 Å². The topological polar surface area (TPSA) is 60.7 Å². The summed E-state index contributed by atoms with van der Waals surface area (Å²) in [7, 11) is 0. The number of rotatable bonds is 7. The quantitative estimate of drug-likeness (QED) is 0.293. The molecule has 0 aliphatic rings. The fourth-order valence-corrected chi connectivity index (χ4v) is 4.35. The molecule has 31 heavy (non-hydrogen) atoms. The van der Waals surface area contributed by atoms with Crippen molar-refractivity contribution in [3.63, 3.8) is 0 Å². The molecule has 6 heteroatoms. The van der Waals surface area contributed by atoms with Crippen molar-refractivity contribution in [1.29, 1.82) is 0 Å². The summed E-state index contributed by atoms with van der Waals surface area (Å²) in [6.07, 6.45) is 3.49. The lowest BCUT2D eigenvalue weighted by Gasteiger charge is -2.14. The maximum atomic E-state index is 13.2. The van der Waals surface area contributed by atoms with Crippen LogP contribution in [0.15, 0.2) is 78.2 Å². The number of aryl methyl sites for hydroxylation is 2. The van der Waals surface area contributed by atoms with Crippen LogP contribution in [0.4, 0.5) is 0 Å². The normalized spacial score (nSPS) is 12.0. The Morgan fingerprint density at radius 2 is 1.74 bits per heavy atom. The van der Waals surface area contributed by atoms with E-state index in [1.807, 2.05) is 69.3 Å². The summed E-state index contributed by atoms with van der Waals surface area (Å²) in [5.41, 5.74) is 4.93. The first-order valence-corrected chi connectivity index (χ1v) is 11.1. The molecule has 0 N–H and O–H groups in total. The summed E-state index contributed by atoms with van der Waals surface area (Å²) in [5, 5.41) is 9.34. The fraction of sp³-hybridized carbons (Fsp3) is 0.200. The highest BCUT2D eigenvalue weighted by Crippen LogP contribution is 2.29. The predicted octanol–water partition coefficient (Wildman–Crippen LogP) is 5.37. The Morgan fingerprint density at radius 3 is 2.48 bits per heavy atom. The maximum Gasteiger partial charge on any atom is 0.192 e. The van der Waals surface area contributed by atoms with E-state index in [-0.39, 0.29) is 11.0 Å². The monoisotopic (exact) mass is 428 g/mol. The Labute approximate surface area is 186 Å². The van der Waals surface area contributed by atoms with Gasteiger partial charge >= 0.3 is 0 Å². The molecule has 0 radical (unpaired) electrons. The van der Waals surface area contributed by atoms with E-state index < -0.39 is 0 Å². The fourth-order valence-electron chi connectivity index (χ4n) is 3.43. The SMILES string of the molecule is Cc1ccc(C)c(C(=O)[C@H](C)Sc2nnc(-c3ccncc3)n2Cc2ccccc2)c1. The first-order valence-electron chi connectivity index (χ1n) is 10.2. The van der Waals surface area contributed by atoms with Gasteiger partial charge in [-0.3, -0.25) is 14.3 Å². The van der Waals surface area contributed by atoms with Gasteiger partial charge in [0.05, 0.1) is 11.8 Å². The smallest absolute Gasteiger partial charge is 0.192 e. The van der Waals surface area contributed by atoms with E-state index in [9.17, 15) is 4.79 Å². The number of ketones is 1. The minimum absolute atomic E-state index is 0.103. The van der Waals surface area contributed by atoms with Gasteiger partial charge in [-0.1, -0.05) is 59.8 Å². The van der Waals surface area contributed by atoms with Crippen molar-refractivity contribution < 1.29 is 4.79 Å². The van der Waals surface area contributed by atoms with Gasteiger partial charge < -0.3 is 0 Å². The van der Waals surface area contributed by atoms with Crippen molar-refractivity contribution in [2.75, 3.05) is 0 Å². The lowest BCUT2D eigenvalue weighted by molar-refractivity contribution is 0.0993. The van der Waals surface area contributed by atoms with Crippen LogP contribution >= 0.6 is 11.8 Å². The van der Waals surface area contributed by atoms with Crippen LogP contribution in [0.25, 0.3) is 11.4 Å². The number of Topliss-reactive ketones (excluding diaryl/α,β-unsaturated/α-hetero) is 1. The highest BCUT2D eigenvalue weighted by Gasteiger charge is 2.23. The first-order chi connectivity index (χ1) is 15.0. The Balaban J connectivity index is 1.67. The third-order valence-electron chi connectivity index (χ3n) is 5.15. The van der Waals surface area contributed by atoms with Crippen LogP contribution in [0.1, 0.15) is 34.0 Å². The molecular formula is C25H24N4OS. The second-order valence-corrected chi connectivity index (χ2v) is 8.86. The molecular weight excluding hydrogens is 404 g/mol. The standard InChI is InChI=1S/C25H24N4OS/c1-17-9-10-18(2)22(15-17)23(30)19(3)31-25-28-27-24(21-11-13-26-14-12-21)29(25)16-20-7-5-4-6-8-20/h4-15,19H,16H2,1-3H3/t19-/m0/s1. The number of thioether (sulfide) groups is 1. The number of benzene rings is 2. The Morgan fingerprint density at radius 1 is 1.00 bits per heavy atom. The second kappa shape index (κ2) is 9.27. The molecule has 4 aromatic rings.